The molecule has 18 heavy (non-hydrogen) atoms. The molecule has 2 aliphatic rings. The largest absolute Gasteiger partial charge is 0.348 e. The molecule has 1 amide bonds. The van der Waals surface area contributed by atoms with Gasteiger partial charge in [0.15, 0.2) is 0 Å². The van der Waals surface area contributed by atoms with Gasteiger partial charge in [0.25, 0.3) is 0 Å². The molecule has 0 radical (unpaired) electrons. The van der Waals surface area contributed by atoms with Crippen LogP contribution in [-0.2, 0) is 9.59 Å². The predicted octanol–water partition coefficient (Wildman–Crippen LogP) is 1.12. The number of aldehydes is 1. The van der Waals surface area contributed by atoms with E-state index < -0.39 is 0 Å². The first-order valence-electron chi connectivity index (χ1n) is 6.76. The van der Waals surface area contributed by atoms with E-state index in [0.717, 1.165) is 32.1 Å². The van der Waals surface area contributed by atoms with Crippen molar-refractivity contribution in [2.24, 2.45) is 5.92 Å². The van der Waals surface area contributed by atoms with Crippen molar-refractivity contribution in [3.8, 4) is 0 Å². The van der Waals surface area contributed by atoms with Gasteiger partial charge in [-0.2, -0.15) is 0 Å². The Labute approximate surface area is 108 Å². The summed E-state index contributed by atoms with van der Waals surface area (Å²) in [6, 6.07) is -0.206. The Morgan fingerprint density at radius 3 is 2.72 bits per heavy atom. The highest BCUT2D eigenvalue weighted by atomic mass is 16.2. The number of carbonyl (C=O) groups excluding carboxylic acids is 2. The van der Waals surface area contributed by atoms with Crippen molar-refractivity contribution in [3.63, 3.8) is 0 Å². The predicted molar refractivity (Wildman–Crippen MR) is 70.1 cm³/mol. The molecule has 100 valence electrons. The van der Waals surface area contributed by atoms with Crippen LogP contribution in [0.1, 0.15) is 32.1 Å². The van der Waals surface area contributed by atoms with Crippen LogP contribution in [0.15, 0.2) is 12.2 Å². The summed E-state index contributed by atoms with van der Waals surface area (Å²) in [6.45, 7) is 4.73. The van der Waals surface area contributed by atoms with Crippen LogP contribution < -0.4 is 5.32 Å². The first-order valence-corrected chi connectivity index (χ1v) is 6.76. The van der Waals surface area contributed by atoms with Gasteiger partial charge in [0.2, 0.25) is 5.91 Å². The van der Waals surface area contributed by atoms with Gasteiger partial charge in [0, 0.05) is 5.57 Å². The van der Waals surface area contributed by atoms with Crippen molar-refractivity contribution in [1.82, 2.24) is 10.2 Å². The van der Waals surface area contributed by atoms with Crippen molar-refractivity contribution < 1.29 is 9.59 Å². The van der Waals surface area contributed by atoms with Crippen LogP contribution in [0.5, 0.6) is 0 Å². The molecule has 2 fully saturated rings. The standard InChI is InChI=1S/C14H22N2O2/c1-10(9-17)12(8-11-5-6-11)15-14(18)13-4-3-7-16(13)2/h9,11-13H,1,3-8H2,2H3,(H,15,18). The third-order valence-corrected chi connectivity index (χ3v) is 4.00. The summed E-state index contributed by atoms with van der Waals surface area (Å²) in [5.74, 6) is 0.706. The highest BCUT2D eigenvalue weighted by Gasteiger charge is 2.32. The number of nitrogens with zero attached hydrogens (tertiary/aromatic N) is 1. The van der Waals surface area contributed by atoms with Crippen molar-refractivity contribution in [3.05, 3.63) is 12.2 Å². The van der Waals surface area contributed by atoms with Crippen LogP contribution in [0.2, 0.25) is 0 Å². The summed E-state index contributed by atoms with van der Waals surface area (Å²) in [5, 5.41) is 3.00. The lowest BCUT2D eigenvalue weighted by Gasteiger charge is -2.23. The molecule has 1 N–H and O–H groups in total. The average Bonchev–Trinajstić information content (AvgIpc) is 3.07. The lowest BCUT2D eigenvalue weighted by Crippen LogP contribution is -2.46. The van der Waals surface area contributed by atoms with Crippen molar-refractivity contribution in [2.45, 2.75) is 44.2 Å². The average molecular weight is 250 g/mol. The fraction of sp³-hybridized carbons (Fsp3) is 0.714. The number of likely N-dealkylation sites (tertiary alicyclic amines) is 1. The summed E-state index contributed by atoms with van der Waals surface area (Å²) in [5.41, 5.74) is 0.496. The van der Waals surface area contributed by atoms with Gasteiger partial charge in [-0.3, -0.25) is 14.5 Å². The van der Waals surface area contributed by atoms with Gasteiger partial charge in [-0.15, -0.1) is 0 Å². The number of carbonyl (C=O) groups is 2. The van der Waals surface area contributed by atoms with Crippen LogP contribution in [0.25, 0.3) is 0 Å². The van der Waals surface area contributed by atoms with Gasteiger partial charge in [0.05, 0.1) is 12.1 Å². The van der Waals surface area contributed by atoms with Crippen LogP contribution in [0.3, 0.4) is 0 Å². The minimum Gasteiger partial charge on any atom is -0.348 e. The molecule has 0 aromatic carbocycles. The van der Waals surface area contributed by atoms with Crippen molar-refractivity contribution in [1.29, 1.82) is 0 Å². The molecule has 2 atom stereocenters. The molecular weight excluding hydrogens is 228 g/mol. The number of likely N-dealkylation sites (N-methyl/N-ethyl adjacent to an activating group) is 1. The maximum Gasteiger partial charge on any atom is 0.237 e. The highest BCUT2D eigenvalue weighted by Crippen LogP contribution is 2.34. The van der Waals surface area contributed by atoms with E-state index in [0.29, 0.717) is 11.5 Å². The first kappa shape index (κ1) is 13.3. The zero-order valence-electron chi connectivity index (χ0n) is 11.0. The maximum atomic E-state index is 12.2. The molecule has 1 aliphatic carbocycles. The number of rotatable bonds is 6. The minimum absolute atomic E-state index is 0.0360. The third-order valence-electron chi connectivity index (χ3n) is 4.00. The van der Waals surface area contributed by atoms with Crippen LogP contribution in [0, 0.1) is 5.92 Å². The summed E-state index contributed by atoms with van der Waals surface area (Å²) in [6.07, 6.45) is 6.03. The molecule has 0 aromatic heterocycles. The Hall–Kier alpha value is -1.16. The van der Waals surface area contributed by atoms with Crippen LogP contribution in [-0.4, -0.2) is 42.8 Å². The molecule has 1 aliphatic heterocycles. The Morgan fingerprint density at radius 1 is 1.50 bits per heavy atom. The zero-order chi connectivity index (χ0) is 13.1. The summed E-state index contributed by atoms with van der Waals surface area (Å²) < 4.78 is 0. The van der Waals surface area contributed by atoms with Crippen LogP contribution in [0.4, 0.5) is 0 Å². The molecule has 1 saturated heterocycles. The van der Waals surface area contributed by atoms with E-state index in [9.17, 15) is 9.59 Å². The normalized spacial score (nSPS) is 25.7. The molecule has 1 saturated carbocycles. The topological polar surface area (TPSA) is 49.4 Å². The number of hydrogen-bond donors (Lipinski definition) is 1. The van der Waals surface area contributed by atoms with Crippen LogP contribution >= 0.6 is 0 Å². The first-order chi connectivity index (χ1) is 8.61. The smallest absolute Gasteiger partial charge is 0.237 e. The molecule has 0 aromatic rings. The van der Waals surface area contributed by atoms with E-state index in [1.54, 1.807) is 0 Å². The molecule has 0 bridgehead atoms. The van der Waals surface area contributed by atoms with Gasteiger partial charge in [-0.25, -0.2) is 0 Å². The SMILES string of the molecule is C=C(C=O)C(CC1CC1)NC(=O)C1CCCN1C. The second kappa shape index (κ2) is 5.65. The zero-order valence-corrected chi connectivity index (χ0v) is 11.0. The number of amides is 1. The second-order valence-corrected chi connectivity index (χ2v) is 5.57. The molecule has 0 spiro atoms. The molecule has 4 heteroatoms. The Bertz CT molecular complexity index is 350. The molecule has 4 nitrogen and oxygen atoms in total. The van der Waals surface area contributed by atoms with Gasteiger partial charge in [-0.1, -0.05) is 19.4 Å². The molecule has 1 heterocycles. The summed E-state index contributed by atoms with van der Waals surface area (Å²) >= 11 is 0. The maximum absolute atomic E-state index is 12.2. The van der Waals surface area contributed by atoms with E-state index in [1.807, 2.05) is 7.05 Å². The monoisotopic (exact) mass is 250 g/mol. The molecular formula is C14H22N2O2. The van der Waals surface area contributed by atoms with Gasteiger partial charge < -0.3 is 5.32 Å². The third kappa shape index (κ3) is 3.19. The van der Waals surface area contributed by atoms with Crippen molar-refractivity contribution in [2.75, 3.05) is 13.6 Å². The fourth-order valence-corrected chi connectivity index (χ4v) is 2.58. The van der Waals surface area contributed by atoms with E-state index in [2.05, 4.69) is 16.8 Å². The second-order valence-electron chi connectivity index (χ2n) is 5.57. The summed E-state index contributed by atoms with van der Waals surface area (Å²) in [7, 11) is 1.97. The highest BCUT2D eigenvalue weighted by molar-refractivity contribution is 5.84. The molecule has 2 unspecified atom stereocenters. The Balaban J connectivity index is 1.92. The van der Waals surface area contributed by atoms with E-state index in [-0.39, 0.29) is 18.0 Å². The Morgan fingerprint density at radius 2 is 2.22 bits per heavy atom. The van der Waals surface area contributed by atoms with Gasteiger partial charge in [0.1, 0.15) is 6.29 Å². The number of nitrogens with one attached hydrogen (secondary N) is 1. The lowest BCUT2D eigenvalue weighted by atomic mass is 10.0. The fourth-order valence-electron chi connectivity index (χ4n) is 2.58. The van der Waals surface area contributed by atoms with E-state index in [4.69, 9.17) is 0 Å². The summed E-state index contributed by atoms with van der Waals surface area (Å²) in [4.78, 5) is 25.1. The lowest BCUT2D eigenvalue weighted by molar-refractivity contribution is -0.125. The Kier molecular flexibility index (Phi) is 4.17. The van der Waals surface area contributed by atoms with E-state index >= 15 is 0 Å². The number of hydrogen-bond acceptors (Lipinski definition) is 3. The minimum atomic E-state index is -0.170. The molecule has 2 rings (SSSR count). The van der Waals surface area contributed by atoms with Gasteiger partial charge in [-0.05, 0) is 38.8 Å². The van der Waals surface area contributed by atoms with E-state index in [1.165, 1.54) is 12.8 Å². The van der Waals surface area contributed by atoms with Crippen molar-refractivity contribution >= 4 is 12.2 Å². The quantitative estimate of drug-likeness (QED) is 0.568. The van der Waals surface area contributed by atoms with Gasteiger partial charge >= 0.3 is 0 Å².